The summed E-state index contributed by atoms with van der Waals surface area (Å²) in [5, 5.41) is 6.34. The molecule has 2 N–H and O–H groups in total. The molecule has 80 valence electrons. The maximum atomic E-state index is 5.53. The highest BCUT2D eigenvalue weighted by Crippen LogP contribution is 2.14. The van der Waals surface area contributed by atoms with E-state index in [1.807, 2.05) is 5.38 Å². The molecule has 0 amide bonds. The number of nitrogens with two attached hydrogens (primary N) is 1. The van der Waals surface area contributed by atoms with Gasteiger partial charge in [-0.3, -0.25) is 0 Å². The minimum Gasteiger partial charge on any atom is -0.375 e. The second-order valence-electron chi connectivity index (χ2n) is 3.21. The Morgan fingerprint density at radius 3 is 3.00 bits per heavy atom. The van der Waals surface area contributed by atoms with Crippen LogP contribution in [0, 0.1) is 0 Å². The molecule has 0 radical (unpaired) electrons. The molecule has 2 rings (SSSR count). The number of hydrogen-bond acceptors (Lipinski definition) is 6. The Balaban J connectivity index is 2.04. The smallest absolute Gasteiger partial charge is 0.232 e. The van der Waals surface area contributed by atoms with Crippen LogP contribution in [-0.4, -0.2) is 15.1 Å². The Hall–Kier alpha value is -1.43. The van der Waals surface area contributed by atoms with Crippen molar-refractivity contribution in [3.05, 3.63) is 22.8 Å². The highest BCUT2D eigenvalue weighted by atomic mass is 32.1. The molecule has 2 aromatic heterocycles. The fourth-order valence-corrected chi connectivity index (χ4v) is 1.81. The molecular formula is C9H12N4OS. The van der Waals surface area contributed by atoms with E-state index in [9.17, 15) is 0 Å². The number of nitrogen functional groups attached to an aromatic ring is 1. The van der Waals surface area contributed by atoms with Gasteiger partial charge in [0.25, 0.3) is 0 Å². The van der Waals surface area contributed by atoms with E-state index in [1.54, 1.807) is 0 Å². The first-order valence-corrected chi connectivity index (χ1v) is 5.67. The van der Waals surface area contributed by atoms with Crippen LogP contribution in [0.3, 0.4) is 0 Å². The lowest BCUT2D eigenvalue weighted by atomic mass is 10.3. The number of aromatic nitrogens is 3. The molecule has 0 bridgehead atoms. The van der Waals surface area contributed by atoms with E-state index in [0.29, 0.717) is 17.4 Å². The Kier molecular flexibility index (Phi) is 2.96. The molecule has 2 aromatic rings. The molecule has 0 unspecified atom stereocenters. The minimum atomic E-state index is 0.560. The van der Waals surface area contributed by atoms with E-state index >= 15 is 0 Å². The van der Waals surface area contributed by atoms with E-state index in [2.05, 4.69) is 22.0 Å². The first kappa shape index (κ1) is 10.1. The van der Waals surface area contributed by atoms with Gasteiger partial charge < -0.3 is 10.3 Å². The lowest BCUT2D eigenvalue weighted by Gasteiger charge is -1.87. The minimum absolute atomic E-state index is 0.560. The molecule has 0 fully saturated rings. The van der Waals surface area contributed by atoms with Crippen molar-refractivity contribution >= 4 is 16.5 Å². The average molecular weight is 224 g/mol. The molecule has 5 nitrogen and oxygen atoms in total. The number of thiazole rings is 1. The molecule has 0 aliphatic heterocycles. The van der Waals surface area contributed by atoms with Crippen LogP contribution in [0.15, 0.2) is 9.90 Å². The summed E-state index contributed by atoms with van der Waals surface area (Å²) in [6.07, 6.45) is 2.43. The van der Waals surface area contributed by atoms with E-state index in [-0.39, 0.29) is 0 Å². The highest BCUT2D eigenvalue weighted by Gasteiger charge is 2.08. The summed E-state index contributed by atoms with van der Waals surface area (Å²) in [5.41, 5.74) is 6.40. The fourth-order valence-electron chi connectivity index (χ4n) is 1.25. The molecule has 0 saturated heterocycles. The Labute approximate surface area is 91.3 Å². The van der Waals surface area contributed by atoms with Gasteiger partial charge in [-0.1, -0.05) is 12.1 Å². The molecule has 0 atom stereocenters. The molecule has 6 heteroatoms. The fraction of sp³-hybridized carbons (Fsp3) is 0.444. The van der Waals surface area contributed by atoms with Gasteiger partial charge in [0.15, 0.2) is 11.0 Å². The van der Waals surface area contributed by atoms with E-state index in [0.717, 1.165) is 24.4 Å². The average Bonchev–Trinajstić information content (AvgIpc) is 2.78. The third kappa shape index (κ3) is 2.53. The van der Waals surface area contributed by atoms with Crippen LogP contribution in [0.4, 0.5) is 5.13 Å². The summed E-state index contributed by atoms with van der Waals surface area (Å²) in [6, 6.07) is 0. The predicted octanol–water partition coefficient (Wildman–Crippen LogP) is 1.65. The van der Waals surface area contributed by atoms with Crippen LogP contribution in [0.5, 0.6) is 0 Å². The van der Waals surface area contributed by atoms with Crippen LogP contribution < -0.4 is 5.73 Å². The van der Waals surface area contributed by atoms with Crippen molar-refractivity contribution in [1.29, 1.82) is 0 Å². The first-order valence-electron chi connectivity index (χ1n) is 4.79. The quantitative estimate of drug-likeness (QED) is 0.854. The molecule has 15 heavy (non-hydrogen) atoms. The van der Waals surface area contributed by atoms with E-state index in [4.69, 9.17) is 10.3 Å². The first-order chi connectivity index (χ1) is 7.28. The number of hydrogen-bond donors (Lipinski definition) is 1. The topological polar surface area (TPSA) is 77.8 Å². The number of aryl methyl sites for hydroxylation is 1. The molecule has 0 saturated carbocycles. The number of nitrogens with zero attached hydrogens (tertiary/aromatic N) is 3. The summed E-state index contributed by atoms with van der Waals surface area (Å²) >= 11 is 1.42. The Bertz CT molecular complexity index is 437. The third-order valence-corrected chi connectivity index (χ3v) is 2.61. The molecule has 2 heterocycles. The Morgan fingerprint density at radius 1 is 1.47 bits per heavy atom. The molecule has 0 spiro atoms. The molecular weight excluding hydrogens is 212 g/mol. The molecule has 0 aliphatic carbocycles. The zero-order valence-electron chi connectivity index (χ0n) is 8.43. The van der Waals surface area contributed by atoms with Crippen molar-refractivity contribution < 1.29 is 4.52 Å². The summed E-state index contributed by atoms with van der Waals surface area (Å²) in [7, 11) is 0. The maximum absolute atomic E-state index is 5.53. The third-order valence-electron chi connectivity index (χ3n) is 1.89. The van der Waals surface area contributed by atoms with Gasteiger partial charge in [0.1, 0.15) is 0 Å². The standard InChI is InChI=1S/C9H12N4OS/c1-2-3-7-12-8(14-13-7)4-6-5-15-9(10)11-6/h5H,2-4H2,1H3,(H2,10,11). The van der Waals surface area contributed by atoms with Crippen LogP contribution >= 0.6 is 11.3 Å². The summed E-state index contributed by atoms with van der Waals surface area (Å²) in [6.45, 7) is 2.08. The lowest BCUT2D eigenvalue weighted by molar-refractivity contribution is 0.378. The van der Waals surface area contributed by atoms with Crippen molar-refractivity contribution in [2.45, 2.75) is 26.2 Å². The van der Waals surface area contributed by atoms with Crippen LogP contribution in [0.25, 0.3) is 0 Å². The largest absolute Gasteiger partial charge is 0.375 e. The van der Waals surface area contributed by atoms with Crippen LogP contribution in [0.2, 0.25) is 0 Å². The summed E-state index contributed by atoms with van der Waals surface area (Å²) in [5.74, 6) is 1.36. The van der Waals surface area contributed by atoms with Gasteiger partial charge in [0.05, 0.1) is 12.1 Å². The van der Waals surface area contributed by atoms with Gasteiger partial charge in [-0.25, -0.2) is 4.98 Å². The second kappa shape index (κ2) is 4.39. The van der Waals surface area contributed by atoms with E-state index < -0.39 is 0 Å². The van der Waals surface area contributed by atoms with Crippen molar-refractivity contribution in [1.82, 2.24) is 15.1 Å². The maximum Gasteiger partial charge on any atom is 0.232 e. The van der Waals surface area contributed by atoms with Crippen molar-refractivity contribution in [3.8, 4) is 0 Å². The normalized spacial score (nSPS) is 10.7. The lowest BCUT2D eigenvalue weighted by Crippen LogP contribution is -1.91. The molecule has 0 aromatic carbocycles. The number of rotatable bonds is 4. The second-order valence-corrected chi connectivity index (χ2v) is 4.10. The van der Waals surface area contributed by atoms with Gasteiger partial charge >= 0.3 is 0 Å². The zero-order valence-corrected chi connectivity index (χ0v) is 9.25. The van der Waals surface area contributed by atoms with Gasteiger partial charge in [-0.2, -0.15) is 4.98 Å². The summed E-state index contributed by atoms with van der Waals surface area (Å²) in [4.78, 5) is 8.38. The van der Waals surface area contributed by atoms with Gasteiger partial charge in [-0.05, 0) is 6.42 Å². The molecule has 0 aliphatic rings. The van der Waals surface area contributed by atoms with Gasteiger partial charge in [-0.15, -0.1) is 11.3 Å². The van der Waals surface area contributed by atoms with Gasteiger partial charge in [0.2, 0.25) is 5.89 Å². The van der Waals surface area contributed by atoms with Crippen molar-refractivity contribution in [3.63, 3.8) is 0 Å². The highest BCUT2D eigenvalue weighted by molar-refractivity contribution is 7.13. The monoisotopic (exact) mass is 224 g/mol. The van der Waals surface area contributed by atoms with Crippen LogP contribution in [-0.2, 0) is 12.8 Å². The summed E-state index contributed by atoms with van der Waals surface area (Å²) < 4.78 is 5.09. The van der Waals surface area contributed by atoms with Crippen molar-refractivity contribution in [2.24, 2.45) is 0 Å². The van der Waals surface area contributed by atoms with Crippen molar-refractivity contribution in [2.75, 3.05) is 5.73 Å². The van der Waals surface area contributed by atoms with E-state index in [1.165, 1.54) is 11.3 Å². The predicted molar refractivity (Wildman–Crippen MR) is 57.6 cm³/mol. The van der Waals surface area contributed by atoms with Crippen LogP contribution in [0.1, 0.15) is 30.8 Å². The number of anilines is 1. The zero-order chi connectivity index (χ0) is 10.7. The van der Waals surface area contributed by atoms with Gasteiger partial charge in [0, 0.05) is 11.8 Å². The SMILES string of the molecule is CCCc1noc(Cc2csc(N)n2)n1. The Morgan fingerprint density at radius 2 is 2.33 bits per heavy atom.